The number of ketones is 1. The van der Waals surface area contributed by atoms with Gasteiger partial charge in [-0.3, -0.25) is 4.55 Å². The normalized spacial score (nSPS) is 45.8. The third kappa shape index (κ3) is 4.04. The first kappa shape index (κ1) is 23.4. The lowest BCUT2D eigenvalue weighted by atomic mass is 9.47. The summed E-state index contributed by atoms with van der Waals surface area (Å²) < 4.78 is 36.4. The Hall–Kier alpha value is -0.760. The fraction of sp³-hybridized carbons (Fsp3) is 0.875. The van der Waals surface area contributed by atoms with Crippen LogP contribution in [0.5, 0.6) is 0 Å². The molecule has 9 atom stereocenters. The number of carbonyl (C=O) groups is 1. The Labute approximate surface area is 186 Å². The lowest BCUT2D eigenvalue weighted by Gasteiger charge is -2.58. The molecule has 6 nitrogen and oxygen atoms in total. The third-order valence-corrected chi connectivity index (χ3v) is 10.1. The predicted octanol–water partition coefficient (Wildman–Crippen LogP) is 4.34. The van der Waals surface area contributed by atoms with E-state index in [2.05, 4.69) is 26.8 Å². The number of fused-ring (bicyclic) bond motifs is 5. The number of carbonyl (C=O) groups excluding carboxylic acids is 1. The van der Waals surface area contributed by atoms with Crippen molar-refractivity contribution in [1.82, 2.24) is 0 Å². The first-order valence-corrected chi connectivity index (χ1v) is 13.3. The summed E-state index contributed by atoms with van der Waals surface area (Å²) in [7, 11) is -4.49. The second-order valence-corrected chi connectivity index (χ2v) is 12.4. The summed E-state index contributed by atoms with van der Waals surface area (Å²) in [6.45, 7) is 8.54. The number of hydrogen-bond donors (Lipinski definition) is 2. The van der Waals surface area contributed by atoms with Gasteiger partial charge in [0.25, 0.3) is 0 Å². The van der Waals surface area contributed by atoms with Crippen molar-refractivity contribution >= 4 is 16.2 Å². The van der Waals surface area contributed by atoms with Gasteiger partial charge in [-0.15, -0.1) is 0 Å². The van der Waals surface area contributed by atoms with Gasteiger partial charge in [0, 0.05) is 6.42 Å². The minimum Gasteiger partial charge on any atom is -0.393 e. The Morgan fingerprint density at radius 2 is 1.94 bits per heavy atom. The van der Waals surface area contributed by atoms with Gasteiger partial charge in [0.05, 0.1) is 12.2 Å². The molecule has 0 radical (unpaired) electrons. The molecule has 31 heavy (non-hydrogen) atoms. The van der Waals surface area contributed by atoms with Crippen LogP contribution in [0.15, 0.2) is 11.6 Å². The van der Waals surface area contributed by atoms with Gasteiger partial charge in [-0.1, -0.05) is 32.4 Å². The van der Waals surface area contributed by atoms with Gasteiger partial charge in [0.2, 0.25) is 0 Å². The fourth-order valence-electron chi connectivity index (χ4n) is 8.36. The average molecular weight is 455 g/mol. The smallest absolute Gasteiger partial charge is 0.393 e. The summed E-state index contributed by atoms with van der Waals surface area (Å²) in [4.78, 5) is 11.8. The maximum atomic E-state index is 11.8. The lowest BCUT2D eigenvalue weighted by molar-refractivity contribution is -0.118. The highest BCUT2D eigenvalue weighted by atomic mass is 32.3. The molecule has 7 heteroatoms. The highest BCUT2D eigenvalue weighted by Gasteiger charge is 2.59. The number of rotatable bonds is 5. The second-order valence-electron chi connectivity index (χ2n) is 11.4. The molecule has 4 aliphatic rings. The summed E-state index contributed by atoms with van der Waals surface area (Å²) in [5, 5.41) is 11.2. The molecular weight excluding hydrogens is 416 g/mol. The van der Waals surface area contributed by atoms with Crippen molar-refractivity contribution in [3.63, 3.8) is 0 Å². The topological polar surface area (TPSA) is 101 Å². The van der Waals surface area contributed by atoms with Gasteiger partial charge >= 0.3 is 10.4 Å². The van der Waals surface area contributed by atoms with Crippen LogP contribution in [0.2, 0.25) is 0 Å². The van der Waals surface area contributed by atoms with Crippen LogP contribution in [0.4, 0.5) is 0 Å². The molecule has 0 aromatic heterocycles. The van der Waals surface area contributed by atoms with Crippen LogP contribution >= 0.6 is 0 Å². The molecule has 0 aromatic carbocycles. The van der Waals surface area contributed by atoms with Crippen molar-refractivity contribution in [2.45, 2.75) is 91.3 Å². The second kappa shape index (κ2) is 7.93. The molecule has 0 aliphatic heterocycles. The van der Waals surface area contributed by atoms with Crippen LogP contribution in [0, 0.1) is 40.4 Å². The molecule has 4 rings (SSSR count). The Morgan fingerprint density at radius 3 is 2.58 bits per heavy atom. The number of aliphatic hydroxyl groups is 1. The number of hydrogen-bond acceptors (Lipinski definition) is 5. The number of aliphatic hydroxyl groups excluding tert-OH is 1. The molecule has 0 spiro atoms. The zero-order chi connectivity index (χ0) is 22.8. The molecule has 2 N–H and O–H groups in total. The largest absolute Gasteiger partial charge is 0.397 e. The summed E-state index contributed by atoms with van der Waals surface area (Å²) >= 11 is 0. The van der Waals surface area contributed by atoms with Crippen LogP contribution in [-0.4, -0.2) is 36.1 Å². The summed E-state index contributed by atoms with van der Waals surface area (Å²) in [5.41, 5.74) is 1.46. The van der Waals surface area contributed by atoms with E-state index in [0.717, 1.165) is 25.7 Å². The number of Topliss-reactive ketones (excluding diaryl/α,β-unsaturated/α-hetero) is 1. The Balaban J connectivity index is 1.59. The summed E-state index contributed by atoms with van der Waals surface area (Å²) in [6, 6.07) is 0. The van der Waals surface area contributed by atoms with E-state index in [9.17, 15) is 18.3 Å². The van der Waals surface area contributed by atoms with E-state index >= 15 is 0 Å². The van der Waals surface area contributed by atoms with E-state index in [1.165, 1.54) is 5.57 Å². The van der Waals surface area contributed by atoms with Gasteiger partial charge in [0.1, 0.15) is 5.78 Å². The summed E-state index contributed by atoms with van der Waals surface area (Å²) in [5.74, 6) is 1.98. The van der Waals surface area contributed by atoms with Gasteiger partial charge in [0.15, 0.2) is 0 Å². The monoisotopic (exact) mass is 454 g/mol. The maximum absolute atomic E-state index is 11.8. The summed E-state index contributed by atoms with van der Waals surface area (Å²) in [6.07, 6.45) is 7.78. The molecule has 176 valence electrons. The first-order valence-electron chi connectivity index (χ1n) is 11.9. The maximum Gasteiger partial charge on any atom is 0.397 e. The number of allylic oxidation sites excluding steroid dienone is 2. The van der Waals surface area contributed by atoms with Crippen LogP contribution in [0.3, 0.4) is 0 Å². The molecule has 3 saturated carbocycles. The van der Waals surface area contributed by atoms with Gasteiger partial charge in [-0.2, -0.15) is 8.42 Å². The van der Waals surface area contributed by atoms with E-state index in [1.807, 2.05) is 0 Å². The SMILES string of the molecule is CC(=O)CC(C)C1CCC2C3CC(O)C4CC(OS(=O)(=O)O)CCC4(C)C3=CCC12C. The fourth-order valence-corrected chi connectivity index (χ4v) is 8.88. The standard InChI is InChI=1S/C24H38O6S/c1-14(11-15(2)25)18-5-6-19-17-13-22(26)21-12-16(30-31(27,28)29)7-9-24(21,4)20(17)8-10-23(18,19)3/h8,14,16-19,21-22,26H,5-7,9-13H2,1-4H3,(H,27,28,29). The van der Waals surface area contributed by atoms with E-state index in [1.54, 1.807) is 6.92 Å². The van der Waals surface area contributed by atoms with E-state index in [0.29, 0.717) is 49.4 Å². The van der Waals surface area contributed by atoms with E-state index < -0.39 is 22.6 Å². The lowest BCUT2D eigenvalue weighted by Crippen LogP contribution is -2.54. The van der Waals surface area contributed by atoms with Crippen LogP contribution < -0.4 is 0 Å². The van der Waals surface area contributed by atoms with Crippen molar-refractivity contribution in [3.05, 3.63) is 11.6 Å². The molecule has 3 fully saturated rings. The van der Waals surface area contributed by atoms with Crippen LogP contribution in [-0.2, 0) is 19.4 Å². The van der Waals surface area contributed by atoms with Gasteiger partial charge in [-0.05, 0) is 92.3 Å². The highest BCUT2D eigenvalue weighted by Crippen LogP contribution is 2.66. The van der Waals surface area contributed by atoms with Crippen molar-refractivity contribution in [2.75, 3.05) is 0 Å². The van der Waals surface area contributed by atoms with Crippen molar-refractivity contribution in [2.24, 2.45) is 40.4 Å². The molecule has 0 heterocycles. The van der Waals surface area contributed by atoms with Crippen molar-refractivity contribution in [1.29, 1.82) is 0 Å². The van der Waals surface area contributed by atoms with E-state index in [-0.39, 0.29) is 22.5 Å². The van der Waals surface area contributed by atoms with Crippen molar-refractivity contribution in [3.8, 4) is 0 Å². The predicted molar refractivity (Wildman–Crippen MR) is 117 cm³/mol. The van der Waals surface area contributed by atoms with Crippen LogP contribution in [0.1, 0.15) is 79.1 Å². The Kier molecular flexibility index (Phi) is 5.98. The highest BCUT2D eigenvalue weighted by molar-refractivity contribution is 7.80. The zero-order valence-corrected chi connectivity index (χ0v) is 20.0. The molecule has 0 amide bonds. The minimum atomic E-state index is -4.49. The molecule has 0 bridgehead atoms. The van der Waals surface area contributed by atoms with Crippen molar-refractivity contribution < 1.29 is 27.1 Å². The van der Waals surface area contributed by atoms with Crippen LogP contribution in [0.25, 0.3) is 0 Å². The first-order chi connectivity index (χ1) is 14.3. The molecule has 0 aromatic rings. The van der Waals surface area contributed by atoms with Gasteiger partial charge < -0.3 is 9.90 Å². The molecule has 9 unspecified atom stereocenters. The Morgan fingerprint density at radius 1 is 1.23 bits per heavy atom. The van der Waals surface area contributed by atoms with E-state index in [4.69, 9.17) is 8.74 Å². The Bertz CT molecular complexity index is 865. The van der Waals surface area contributed by atoms with Gasteiger partial charge in [-0.25, -0.2) is 4.18 Å². The molecular formula is C24H38O6S. The molecule has 0 saturated heterocycles. The third-order valence-electron chi connectivity index (χ3n) is 9.62. The average Bonchev–Trinajstić information content (AvgIpc) is 2.99. The zero-order valence-electron chi connectivity index (χ0n) is 19.2. The molecule has 4 aliphatic carbocycles. The minimum absolute atomic E-state index is 0.0614. The quantitative estimate of drug-likeness (QED) is 0.473.